The van der Waals surface area contributed by atoms with E-state index in [-0.39, 0.29) is 12.1 Å². The second-order valence-corrected chi connectivity index (χ2v) is 7.39. The predicted octanol–water partition coefficient (Wildman–Crippen LogP) is 0.691. The standard InChI is InChI=1S/C21H21N7O3/c1-13-11-23-25-19(13)24-16-12-28(26-17(16)18(22)29)15-5-3-4-14(10-15)6-7-21(31)8-9-27(2)20(21)30/h3-5,10-12,31H,8-9H2,1-2H3,(H2,22,29)(H2,23,24,25)/t21-/m0/s1. The zero-order valence-electron chi connectivity index (χ0n) is 17.0. The Labute approximate surface area is 178 Å². The second-order valence-electron chi connectivity index (χ2n) is 7.39. The number of amides is 2. The highest BCUT2D eigenvalue weighted by Gasteiger charge is 2.42. The van der Waals surface area contributed by atoms with E-state index in [1.165, 1.54) is 9.58 Å². The van der Waals surface area contributed by atoms with Crippen molar-refractivity contribution >= 4 is 23.3 Å². The van der Waals surface area contributed by atoms with Crippen LogP contribution < -0.4 is 11.1 Å². The van der Waals surface area contributed by atoms with Crippen LogP contribution in [0.25, 0.3) is 5.69 Å². The van der Waals surface area contributed by atoms with Gasteiger partial charge in [-0.05, 0) is 25.1 Å². The van der Waals surface area contributed by atoms with E-state index >= 15 is 0 Å². The molecule has 4 rings (SSSR count). The lowest BCUT2D eigenvalue weighted by Crippen LogP contribution is -2.37. The average Bonchev–Trinajstić information content (AvgIpc) is 3.43. The number of hydrogen-bond donors (Lipinski definition) is 4. The number of primary amides is 1. The summed E-state index contributed by atoms with van der Waals surface area (Å²) in [4.78, 5) is 25.4. The van der Waals surface area contributed by atoms with Gasteiger partial charge in [0.25, 0.3) is 11.8 Å². The molecule has 1 saturated heterocycles. The van der Waals surface area contributed by atoms with Gasteiger partial charge in [0.1, 0.15) is 5.82 Å². The first-order chi connectivity index (χ1) is 14.8. The van der Waals surface area contributed by atoms with Crippen molar-refractivity contribution < 1.29 is 14.7 Å². The number of aromatic amines is 1. The number of likely N-dealkylation sites (tertiary alicyclic amines) is 1. The lowest BCUT2D eigenvalue weighted by atomic mass is 10.0. The third-order valence-corrected chi connectivity index (χ3v) is 5.07. The van der Waals surface area contributed by atoms with Crippen molar-refractivity contribution in [1.82, 2.24) is 24.9 Å². The summed E-state index contributed by atoms with van der Waals surface area (Å²) in [6.45, 7) is 2.32. The second kappa shape index (κ2) is 7.62. The maximum Gasteiger partial charge on any atom is 0.271 e. The lowest BCUT2D eigenvalue weighted by molar-refractivity contribution is -0.137. The van der Waals surface area contributed by atoms with Crippen LogP contribution in [-0.2, 0) is 4.79 Å². The van der Waals surface area contributed by atoms with Crippen LogP contribution >= 0.6 is 0 Å². The maximum absolute atomic E-state index is 12.1. The normalized spacial score (nSPS) is 18.0. The van der Waals surface area contributed by atoms with Gasteiger partial charge in [-0.25, -0.2) is 4.68 Å². The van der Waals surface area contributed by atoms with E-state index in [9.17, 15) is 14.7 Å². The summed E-state index contributed by atoms with van der Waals surface area (Å²) < 4.78 is 1.50. The van der Waals surface area contributed by atoms with Crippen LogP contribution in [-0.4, -0.2) is 61.0 Å². The molecule has 2 amide bonds. The van der Waals surface area contributed by atoms with Crippen molar-refractivity contribution in [2.45, 2.75) is 18.9 Å². The Kier molecular flexibility index (Phi) is 4.96. The van der Waals surface area contributed by atoms with Gasteiger partial charge in [0.15, 0.2) is 5.69 Å². The molecule has 0 aliphatic carbocycles. The molecular weight excluding hydrogens is 398 g/mol. The molecule has 2 aromatic heterocycles. The Bertz CT molecular complexity index is 1230. The molecule has 10 nitrogen and oxygen atoms in total. The van der Waals surface area contributed by atoms with Gasteiger partial charge in [-0.15, -0.1) is 0 Å². The summed E-state index contributed by atoms with van der Waals surface area (Å²) in [5.74, 6) is 5.10. The smallest absolute Gasteiger partial charge is 0.271 e. The summed E-state index contributed by atoms with van der Waals surface area (Å²) in [5, 5.41) is 24.6. The molecule has 0 spiro atoms. The van der Waals surface area contributed by atoms with Crippen LogP contribution in [0.2, 0.25) is 0 Å². The molecule has 0 unspecified atom stereocenters. The van der Waals surface area contributed by atoms with Crippen LogP contribution in [0.1, 0.15) is 28.0 Å². The Hall–Kier alpha value is -4.10. The highest BCUT2D eigenvalue weighted by molar-refractivity contribution is 5.97. The number of aromatic nitrogens is 4. The summed E-state index contributed by atoms with van der Waals surface area (Å²) in [6, 6.07) is 7.05. The number of nitrogens with two attached hydrogens (primary N) is 1. The number of aliphatic hydroxyl groups is 1. The van der Waals surface area contributed by atoms with Crippen LogP contribution in [0.15, 0.2) is 36.7 Å². The monoisotopic (exact) mass is 419 g/mol. The van der Waals surface area contributed by atoms with E-state index in [1.54, 1.807) is 43.7 Å². The molecule has 31 heavy (non-hydrogen) atoms. The van der Waals surface area contributed by atoms with Crippen molar-refractivity contribution in [1.29, 1.82) is 0 Å². The molecule has 1 atom stereocenters. The summed E-state index contributed by atoms with van der Waals surface area (Å²) in [7, 11) is 1.63. The van der Waals surface area contributed by atoms with Gasteiger partial charge < -0.3 is 21.1 Å². The minimum atomic E-state index is -1.67. The number of nitrogens with zero attached hydrogens (tertiary/aromatic N) is 4. The van der Waals surface area contributed by atoms with Gasteiger partial charge >= 0.3 is 0 Å². The average molecular weight is 419 g/mol. The molecule has 1 aliphatic heterocycles. The number of nitrogens with one attached hydrogen (secondary N) is 2. The summed E-state index contributed by atoms with van der Waals surface area (Å²) in [6.07, 6.45) is 3.55. The van der Waals surface area contributed by atoms with Crippen molar-refractivity contribution in [2.24, 2.45) is 5.73 Å². The summed E-state index contributed by atoms with van der Waals surface area (Å²) in [5.41, 5.74) is 6.39. The number of rotatable bonds is 4. The van der Waals surface area contributed by atoms with Gasteiger partial charge in [0.2, 0.25) is 5.60 Å². The predicted molar refractivity (Wildman–Crippen MR) is 113 cm³/mol. The number of carbonyl (C=O) groups excluding carboxylic acids is 2. The largest absolute Gasteiger partial charge is 0.369 e. The fraction of sp³-hybridized carbons (Fsp3) is 0.238. The van der Waals surface area contributed by atoms with Gasteiger partial charge in [0, 0.05) is 31.1 Å². The molecule has 10 heteroatoms. The van der Waals surface area contributed by atoms with E-state index in [1.807, 2.05) is 6.92 Å². The van der Waals surface area contributed by atoms with E-state index in [0.717, 1.165) is 5.56 Å². The highest BCUT2D eigenvalue weighted by Crippen LogP contribution is 2.23. The molecule has 1 fully saturated rings. The first kappa shape index (κ1) is 20.2. The van der Waals surface area contributed by atoms with Crippen LogP contribution in [0.3, 0.4) is 0 Å². The highest BCUT2D eigenvalue weighted by atomic mass is 16.3. The van der Waals surface area contributed by atoms with Crippen molar-refractivity contribution in [3.05, 3.63) is 53.5 Å². The zero-order valence-corrected chi connectivity index (χ0v) is 17.0. The van der Waals surface area contributed by atoms with Crippen LogP contribution in [0, 0.1) is 18.8 Å². The SMILES string of the molecule is Cc1cn[nH]c1Nc1cn(-c2cccc(C#C[C@]3(O)CCN(C)C3=O)c2)nc1C(N)=O. The van der Waals surface area contributed by atoms with Crippen molar-refractivity contribution in [2.75, 3.05) is 18.9 Å². The lowest BCUT2D eigenvalue weighted by Gasteiger charge is -2.13. The Morgan fingerprint density at radius 2 is 2.23 bits per heavy atom. The molecule has 1 aliphatic rings. The minimum absolute atomic E-state index is 0.0689. The third kappa shape index (κ3) is 3.86. The molecule has 3 aromatic rings. The van der Waals surface area contributed by atoms with Crippen molar-refractivity contribution in [3.8, 4) is 17.5 Å². The molecule has 158 valence electrons. The van der Waals surface area contributed by atoms with Crippen LogP contribution in [0.4, 0.5) is 11.5 Å². The zero-order chi connectivity index (χ0) is 22.2. The quantitative estimate of drug-likeness (QED) is 0.459. The first-order valence-corrected chi connectivity index (χ1v) is 9.55. The first-order valence-electron chi connectivity index (χ1n) is 9.55. The molecule has 0 bridgehead atoms. The minimum Gasteiger partial charge on any atom is -0.369 e. The number of benzene rings is 1. The van der Waals surface area contributed by atoms with Gasteiger partial charge in [-0.2, -0.15) is 10.2 Å². The number of aryl methyl sites for hydroxylation is 1. The molecule has 0 saturated carbocycles. The Balaban J connectivity index is 1.65. The topological polar surface area (TPSA) is 142 Å². The van der Waals surface area contributed by atoms with Crippen LogP contribution in [0.5, 0.6) is 0 Å². The molecule has 1 aromatic carbocycles. The van der Waals surface area contributed by atoms with Gasteiger partial charge in [-0.1, -0.05) is 17.9 Å². The molecule has 3 heterocycles. The maximum atomic E-state index is 12.1. The number of anilines is 2. The van der Waals surface area contributed by atoms with Gasteiger partial charge in [-0.3, -0.25) is 14.7 Å². The summed E-state index contributed by atoms with van der Waals surface area (Å²) >= 11 is 0. The molecule has 0 radical (unpaired) electrons. The van der Waals surface area contributed by atoms with E-state index in [4.69, 9.17) is 5.73 Å². The van der Waals surface area contributed by atoms with Crippen molar-refractivity contribution in [3.63, 3.8) is 0 Å². The fourth-order valence-corrected chi connectivity index (χ4v) is 3.26. The molecule has 5 N–H and O–H groups in total. The van der Waals surface area contributed by atoms with E-state index in [0.29, 0.717) is 29.3 Å². The van der Waals surface area contributed by atoms with Gasteiger partial charge in [0.05, 0.1) is 23.8 Å². The number of likely N-dealkylation sites (N-methyl/N-ethyl adjacent to an activating group) is 1. The fourth-order valence-electron chi connectivity index (χ4n) is 3.26. The van der Waals surface area contributed by atoms with E-state index < -0.39 is 17.4 Å². The number of H-pyrrole nitrogens is 1. The third-order valence-electron chi connectivity index (χ3n) is 5.07. The molecular formula is C21H21N7O3. The van der Waals surface area contributed by atoms with E-state index in [2.05, 4.69) is 32.5 Å². The number of hydrogen-bond acceptors (Lipinski definition) is 6. The Morgan fingerprint density at radius 1 is 1.42 bits per heavy atom. The number of carbonyl (C=O) groups is 2. The Morgan fingerprint density at radius 3 is 2.87 bits per heavy atom.